The van der Waals surface area contributed by atoms with E-state index in [1.807, 2.05) is 13.8 Å². The van der Waals surface area contributed by atoms with Crippen LogP contribution in [0, 0.1) is 5.92 Å². The Morgan fingerprint density at radius 1 is 1.11 bits per heavy atom. The van der Waals surface area contributed by atoms with Crippen molar-refractivity contribution in [3.63, 3.8) is 0 Å². The lowest BCUT2D eigenvalue weighted by atomic mass is 9.74. The molecule has 0 N–H and O–H groups in total. The molecule has 0 amide bonds. The minimum Gasteiger partial charge on any atom is -0.363 e. The van der Waals surface area contributed by atoms with Gasteiger partial charge in [0, 0.05) is 11.1 Å². The van der Waals surface area contributed by atoms with Gasteiger partial charge in [-0.3, -0.25) is 9.59 Å². The average Bonchev–Trinajstić information content (AvgIpc) is 2.35. The van der Waals surface area contributed by atoms with Gasteiger partial charge in [0.2, 0.25) is 0 Å². The lowest BCUT2D eigenvalue weighted by Gasteiger charge is -2.42. The van der Waals surface area contributed by atoms with Crippen molar-refractivity contribution >= 4 is 11.6 Å². The van der Waals surface area contributed by atoms with Crippen LogP contribution in [0.25, 0.3) is 0 Å². The third kappa shape index (κ3) is 1.62. The van der Waals surface area contributed by atoms with Gasteiger partial charge in [0.1, 0.15) is 6.10 Å². The number of fused-ring (bicyclic) bond motifs is 2. The van der Waals surface area contributed by atoms with Gasteiger partial charge in [0.25, 0.3) is 0 Å². The van der Waals surface area contributed by atoms with E-state index >= 15 is 0 Å². The van der Waals surface area contributed by atoms with Gasteiger partial charge < -0.3 is 4.74 Å². The average molecular weight is 244 g/mol. The Morgan fingerprint density at radius 2 is 1.72 bits per heavy atom. The smallest absolute Gasteiger partial charge is 0.193 e. The van der Waals surface area contributed by atoms with E-state index in [-0.39, 0.29) is 23.1 Å². The van der Waals surface area contributed by atoms with E-state index in [9.17, 15) is 9.59 Å². The number of hydrogen-bond donors (Lipinski definition) is 0. The first-order valence-corrected chi connectivity index (χ1v) is 6.35. The highest BCUT2D eigenvalue weighted by molar-refractivity contribution is 6.17. The SMILES string of the molecule is CC1(C)CC[C@H]2C(=O)c3ccccc3C(=O)[C@H]2O1. The van der Waals surface area contributed by atoms with Gasteiger partial charge in [0.15, 0.2) is 11.6 Å². The maximum Gasteiger partial charge on any atom is 0.193 e. The van der Waals surface area contributed by atoms with Gasteiger partial charge >= 0.3 is 0 Å². The maximum absolute atomic E-state index is 12.4. The largest absolute Gasteiger partial charge is 0.363 e. The van der Waals surface area contributed by atoms with E-state index in [1.54, 1.807) is 24.3 Å². The molecule has 0 bridgehead atoms. The Balaban J connectivity index is 2.07. The zero-order valence-corrected chi connectivity index (χ0v) is 10.6. The molecule has 0 saturated carbocycles. The quantitative estimate of drug-likeness (QED) is 0.704. The van der Waals surface area contributed by atoms with Crippen molar-refractivity contribution in [2.24, 2.45) is 5.92 Å². The fourth-order valence-electron chi connectivity index (χ4n) is 2.91. The summed E-state index contributed by atoms with van der Waals surface area (Å²) in [6.45, 7) is 3.95. The summed E-state index contributed by atoms with van der Waals surface area (Å²) < 4.78 is 5.85. The molecule has 1 aromatic carbocycles. The monoisotopic (exact) mass is 244 g/mol. The van der Waals surface area contributed by atoms with Crippen molar-refractivity contribution in [3.8, 4) is 0 Å². The minimum absolute atomic E-state index is 0.0389. The molecule has 1 aliphatic carbocycles. The molecule has 1 saturated heterocycles. The highest BCUT2D eigenvalue weighted by atomic mass is 16.5. The number of ketones is 2. The van der Waals surface area contributed by atoms with Gasteiger partial charge in [0.05, 0.1) is 11.5 Å². The molecule has 1 heterocycles. The van der Waals surface area contributed by atoms with E-state index < -0.39 is 6.10 Å². The molecule has 0 aromatic heterocycles. The molecule has 3 rings (SSSR count). The number of carbonyl (C=O) groups excluding carboxylic acids is 2. The lowest BCUT2D eigenvalue weighted by Crippen LogP contribution is -2.50. The van der Waals surface area contributed by atoms with Crippen molar-refractivity contribution in [2.75, 3.05) is 0 Å². The number of hydrogen-bond acceptors (Lipinski definition) is 3. The third-order valence-corrected chi connectivity index (χ3v) is 3.92. The first kappa shape index (κ1) is 11.6. The molecular formula is C15H16O3. The summed E-state index contributed by atoms with van der Waals surface area (Å²) in [5.74, 6) is -0.269. The Morgan fingerprint density at radius 3 is 2.39 bits per heavy atom. The van der Waals surface area contributed by atoms with Crippen LogP contribution in [0.2, 0.25) is 0 Å². The van der Waals surface area contributed by atoms with Crippen LogP contribution in [0.1, 0.15) is 47.4 Å². The van der Waals surface area contributed by atoms with Gasteiger partial charge in [-0.2, -0.15) is 0 Å². The zero-order chi connectivity index (χ0) is 12.9. The summed E-state index contributed by atoms with van der Waals surface area (Å²) in [5, 5.41) is 0. The molecular weight excluding hydrogens is 228 g/mol. The van der Waals surface area contributed by atoms with Crippen LogP contribution in [-0.2, 0) is 4.74 Å². The molecule has 2 aliphatic rings. The molecule has 0 radical (unpaired) electrons. The Hall–Kier alpha value is -1.48. The van der Waals surface area contributed by atoms with Crippen molar-refractivity contribution in [1.29, 1.82) is 0 Å². The standard InChI is InChI=1S/C15H16O3/c1-15(2)8-7-11-12(16)9-5-3-4-6-10(9)13(17)14(11)18-15/h3-6,11,14H,7-8H2,1-2H3/t11-,14-/m0/s1. The fraction of sp³-hybridized carbons (Fsp3) is 0.467. The molecule has 1 fully saturated rings. The van der Waals surface area contributed by atoms with E-state index in [0.717, 1.165) is 12.8 Å². The Bertz CT molecular complexity index is 530. The highest BCUT2D eigenvalue weighted by Gasteiger charge is 2.47. The summed E-state index contributed by atoms with van der Waals surface area (Å²) in [7, 11) is 0. The second-order valence-corrected chi connectivity index (χ2v) is 5.72. The van der Waals surface area contributed by atoms with Gasteiger partial charge in [-0.25, -0.2) is 0 Å². The summed E-state index contributed by atoms with van der Waals surface area (Å²) in [6, 6.07) is 7.05. The van der Waals surface area contributed by atoms with E-state index in [1.165, 1.54) is 0 Å². The summed E-state index contributed by atoms with van der Waals surface area (Å²) in [6.07, 6.45) is 0.961. The Labute approximate surface area is 106 Å². The normalized spacial score (nSPS) is 29.7. The third-order valence-electron chi connectivity index (χ3n) is 3.92. The van der Waals surface area contributed by atoms with Crippen LogP contribution in [0.4, 0.5) is 0 Å². The first-order chi connectivity index (χ1) is 8.49. The molecule has 2 atom stereocenters. The second kappa shape index (κ2) is 3.75. The molecule has 18 heavy (non-hydrogen) atoms. The van der Waals surface area contributed by atoms with Crippen LogP contribution in [0.5, 0.6) is 0 Å². The lowest BCUT2D eigenvalue weighted by molar-refractivity contribution is -0.108. The number of ether oxygens (including phenoxy) is 1. The van der Waals surface area contributed by atoms with Crippen LogP contribution in [-0.4, -0.2) is 23.3 Å². The fourth-order valence-corrected chi connectivity index (χ4v) is 2.91. The van der Waals surface area contributed by atoms with Gasteiger partial charge in [-0.05, 0) is 26.7 Å². The minimum atomic E-state index is -0.587. The van der Waals surface area contributed by atoms with E-state index in [0.29, 0.717) is 11.1 Å². The van der Waals surface area contributed by atoms with Crippen LogP contribution in [0.3, 0.4) is 0 Å². The maximum atomic E-state index is 12.4. The van der Waals surface area contributed by atoms with Gasteiger partial charge in [-0.15, -0.1) is 0 Å². The topological polar surface area (TPSA) is 43.4 Å². The van der Waals surface area contributed by atoms with Crippen molar-refractivity contribution in [2.45, 2.75) is 38.4 Å². The predicted molar refractivity (Wildman–Crippen MR) is 66.8 cm³/mol. The number of carbonyl (C=O) groups is 2. The number of Topliss-reactive ketones (excluding diaryl/α,β-unsaturated/α-hetero) is 2. The van der Waals surface area contributed by atoms with Crippen molar-refractivity contribution in [3.05, 3.63) is 35.4 Å². The summed E-state index contributed by atoms with van der Waals surface area (Å²) >= 11 is 0. The van der Waals surface area contributed by atoms with Crippen LogP contribution < -0.4 is 0 Å². The molecule has 0 unspecified atom stereocenters. The molecule has 3 nitrogen and oxygen atoms in total. The van der Waals surface area contributed by atoms with Crippen molar-refractivity contribution < 1.29 is 14.3 Å². The number of rotatable bonds is 0. The zero-order valence-electron chi connectivity index (χ0n) is 10.6. The first-order valence-electron chi connectivity index (χ1n) is 6.35. The summed E-state index contributed by atoms with van der Waals surface area (Å²) in [5.41, 5.74) is 0.761. The second-order valence-electron chi connectivity index (χ2n) is 5.72. The number of benzene rings is 1. The Kier molecular flexibility index (Phi) is 2.42. The van der Waals surface area contributed by atoms with Crippen molar-refractivity contribution in [1.82, 2.24) is 0 Å². The molecule has 1 aromatic rings. The van der Waals surface area contributed by atoms with E-state index in [2.05, 4.69) is 0 Å². The summed E-state index contributed by atoms with van der Waals surface area (Å²) in [4.78, 5) is 24.8. The molecule has 1 aliphatic heterocycles. The molecule has 3 heteroatoms. The van der Waals surface area contributed by atoms with E-state index in [4.69, 9.17) is 4.74 Å². The van der Waals surface area contributed by atoms with Crippen LogP contribution in [0.15, 0.2) is 24.3 Å². The van der Waals surface area contributed by atoms with Crippen LogP contribution >= 0.6 is 0 Å². The molecule has 94 valence electrons. The predicted octanol–water partition coefficient (Wildman–Crippen LogP) is 2.64. The van der Waals surface area contributed by atoms with Gasteiger partial charge in [-0.1, -0.05) is 24.3 Å². The molecule has 0 spiro atoms. The highest BCUT2D eigenvalue weighted by Crippen LogP contribution is 2.39.